The average Bonchev–Trinajstić information content (AvgIpc) is 3.00. The number of esters is 1. The van der Waals surface area contributed by atoms with Gasteiger partial charge in [0, 0.05) is 17.2 Å². The number of anilines is 1. The molecular weight excluding hydrogens is 322 g/mol. The highest BCUT2D eigenvalue weighted by Gasteiger charge is 2.22. The Labute approximate surface area is 146 Å². The first-order valence-electron chi connectivity index (χ1n) is 7.99. The molecule has 0 bridgehead atoms. The molecule has 1 N–H and O–H groups in total. The van der Waals surface area contributed by atoms with Crippen molar-refractivity contribution in [3.05, 3.63) is 53.5 Å². The first-order chi connectivity index (χ1) is 11.8. The van der Waals surface area contributed by atoms with Crippen molar-refractivity contribution in [2.24, 2.45) is 5.92 Å². The normalized spacial score (nSPS) is 11.9. The number of carbonyl (C=O) groups is 3. The maximum absolute atomic E-state index is 12.4. The van der Waals surface area contributed by atoms with Gasteiger partial charge in [-0.15, -0.1) is 0 Å². The third kappa shape index (κ3) is 4.56. The predicted molar refractivity (Wildman–Crippen MR) is 92.6 cm³/mol. The highest BCUT2D eigenvalue weighted by atomic mass is 16.5. The molecule has 0 saturated heterocycles. The molecule has 0 fully saturated rings. The van der Waals surface area contributed by atoms with E-state index >= 15 is 0 Å². The van der Waals surface area contributed by atoms with Crippen LogP contribution in [0.15, 0.2) is 41.0 Å². The number of rotatable bonds is 6. The highest BCUT2D eigenvalue weighted by molar-refractivity contribution is 6.02. The average molecular weight is 343 g/mol. The number of amides is 1. The van der Waals surface area contributed by atoms with Gasteiger partial charge in [0.05, 0.1) is 6.26 Å². The fraction of sp³-hybridized carbons (Fsp3) is 0.316. The maximum atomic E-state index is 12.4. The second-order valence-electron chi connectivity index (χ2n) is 6.02. The van der Waals surface area contributed by atoms with Crippen LogP contribution in [0.2, 0.25) is 0 Å². The third-order valence-corrected chi connectivity index (χ3v) is 3.69. The van der Waals surface area contributed by atoms with Crippen molar-refractivity contribution in [2.75, 3.05) is 5.32 Å². The third-order valence-electron chi connectivity index (χ3n) is 3.69. The monoisotopic (exact) mass is 343 g/mol. The van der Waals surface area contributed by atoms with E-state index in [4.69, 9.17) is 9.15 Å². The van der Waals surface area contributed by atoms with E-state index in [1.165, 1.54) is 19.3 Å². The number of benzene rings is 1. The molecule has 132 valence electrons. The number of hydrogen-bond acceptors (Lipinski definition) is 5. The summed E-state index contributed by atoms with van der Waals surface area (Å²) in [6.45, 7) is 6.76. The highest BCUT2D eigenvalue weighted by Crippen LogP contribution is 2.16. The van der Waals surface area contributed by atoms with E-state index in [1.807, 2.05) is 0 Å². The van der Waals surface area contributed by atoms with Gasteiger partial charge in [-0.1, -0.05) is 13.8 Å². The van der Waals surface area contributed by atoms with Crippen LogP contribution in [0.5, 0.6) is 0 Å². The van der Waals surface area contributed by atoms with Crippen LogP contribution in [0.25, 0.3) is 0 Å². The smallest absolute Gasteiger partial charge is 0.342 e. The van der Waals surface area contributed by atoms with Gasteiger partial charge in [-0.05, 0) is 44.2 Å². The topological polar surface area (TPSA) is 85.6 Å². The molecule has 1 amide bonds. The van der Waals surface area contributed by atoms with Crippen molar-refractivity contribution in [1.29, 1.82) is 0 Å². The lowest BCUT2D eigenvalue weighted by Crippen LogP contribution is -2.24. The summed E-state index contributed by atoms with van der Waals surface area (Å²) >= 11 is 0. The summed E-state index contributed by atoms with van der Waals surface area (Å²) in [5.41, 5.74) is 1.30. The Kier molecular flexibility index (Phi) is 5.75. The zero-order chi connectivity index (χ0) is 18.6. The molecular formula is C19H21NO5. The molecule has 1 atom stereocenters. The minimum Gasteiger partial charge on any atom is -0.469 e. The minimum atomic E-state index is -0.932. The van der Waals surface area contributed by atoms with Crippen LogP contribution in [-0.2, 0) is 9.53 Å². The zero-order valence-electron chi connectivity index (χ0n) is 14.7. The molecule has 0 saturated carbocycles. The first-order valence-corrected chi connectivity index (χ1v) is 7.99. The van der Waals surface area contributed by atoms with Gasteiger partial charge in [0.1, 0.15) is 11.3 Å². The first kappa shape index (κ1) is 18.4. The number of Topliss-reactive ketones (excluding diaryl/α,β-unsaturated/α-hetero) is 1. The van der Waals surface area contributed by atoms with Crippen molar-refractivity contribution in [2.45, 2.75) is 33.8 Å². The van der Waals surface area contributed by atoms with Crippen LogP contribution in [0.1, 0.15) is 47.2 Å². The van der Waals surface area contributed by atoms with Crippen molar-refractivity contribution < 1.29 is 23.5 Å². The molecule has 2 rings (SSSR count). The van der Waals surface area contributed by atoms with E-state index in [9.17, 15) is 14.4 Å². The largest absolute Gasteiger partial charge is 0.469 e. The van der Waals surface area contributed by atoms with Gasteiger partial charge in [-0.2, -0.15) is 0 Å². The summed E-state index contributed by atoms with van der Waals surface area (Å²) in [5, 5.41) is 2.75. The second kappa shape index (κ2) is 7.79. The van der Waals surface area contributed by atoms with Gasteiger partial charge in [0.2, 0.25) is 11.7 Å². The van der Waals surface area contributed by atoms with Crippen LogP contribution in [0, 0.1) is 12.8 Å². The van der Waals surface area contributed by atoms with E-state index < -0.39 is 12.1 Å². The number of carbonyl (C=O) groups excluding carboxylic acids is 3. The Morgan fingerprint density at radius 3 is 2.20 bits per heavy atom. The molecule has 1 heterocycles. The van der Waals surface area contributed by atoms with E-state index in [0.29, 0.717) is 22.6 Å². The van der Waals surface area contributed by atoms with Gasteiger partial charge in [0.15, 0.2) is 6.10 Å². The molecule has 0 radical (unpaired) electrons. The molecule has 1 aromatic heterocycles. The molecule has 0 aliphatic carbocycles. The summed E-state index contributed by atoms with van der Waals surface area (Å²) in [6, 6.07) is 7.96. The predicted octanol–water partition coefficient (Wildman–Crippen LogP) is 3.61. The number of ketones is 1. The van der Waals surface area contributed by atoms with E-state index in [1.54, 1.807) is 45.0 Å². The SMILES string of the molecule is Cc1occc1C(=O)O[C@@H](C)C(=O)c1ccc(NC(=O)C(C)C)cc1. The van der Waals surface area contributed by atoms with Crippen LogP contribution in [-0.4, -0.2) is 23.8 Å². The maximum Gasteiger partial charge on any atom is 0.342 e. The standard InChI is InChI=1S/C19H21NO5/c1-11(2)18(22)20-15-7-5-14(6-8-15)17(21)13(4)25-19(23)16-9-10-24-12(16)3/h5-11,13H,1-4H3,(H,20,22)/t13-/m0/s1. The molecule has 0 aliphatic heterocycles. The quantitative estimate of drug-likeness (QED) is 0.639. The molecule has 0 unspecified atom stereocenters. The van der Waals surface area contributed by atoms with Crippen molar-refractivity contribution in [3.63, 3.8) is 0 Å². The van der Waals surface area contributed by atoms with Gasteiger partial charge in [-0.25, -0.2) is 4.79 Å². The molecule has 0 spiro atoms. The van der Waals surface area contributed by atoms with Gasteiger partial charge >= 0.3 is 5.97 Å². The Morgan fingerprint density at radius 1 is 1.04 bits per heavy atom. The lowest BCUT2D eigenvalue weighted by atomic mass is 10.1. The molecule has 1 aromatic carbocycles. The van der Waals surface area contributed by atoms with E-state index in [0.717, 1.165) is 0 Å². The number of furan rings is 1. The summed E-state index contributed by atoms with van der Waals surface area (Å²) in [4.78, 5) is 36.1. The lowest BCUT2D eigenvalue weighted by Gasteiger charge is -2.13. The number of aryl methyl sites for hydroxylation is 1. The summed E-state index contributed by atoms with van der Waals surface area (Å²) in [5.74, 6) is -0.719. The molecule has 2 aromatic rings. The van der Waals surface area contributed by atoms with Gasteiger partial charge < -0.3 is 14.5 Å². The van der Waals surface area contributed by atoms with Crippen LogP contribution in [0.4, 0.5) is 5.69 Å². The number of nitrogens with one attached hydrogen (secondary N) is 1. The summed E-state index contributed by atoms with van der Waals surface area (Å²) in [7, 11) is 0. The lowest BCUT2D eigenvalue weighted by molar-refractivity contribution is -0.118. The molecule has 6 heteroatoms. The van der Waals surface area contributed by atoms with Crippen LogP contribution < -0.4 is 5.32 Å². The van der Waals surface area contributed by atoms with Gasteiger partial charge in [0.25, 0.3) is 0 Å². The van der Waals surface area contributed by atoms with Crippen molar-refractivity contribution in [1.82, 2.24) is 0 Å². The Bertz CT molecular complexity index is 773. The molecule has 0 aliphatic rings. The van der Waals surface area contributed by atoms with E-state index in [2.05, 4.69) is 5.32 Å². The summed E-state index contributed by atoms with van der Waals surface area (Å²) in [6.07, 6.45) is 0.459. The fourth-order valence-corrected chi connectivity index (χ4v) is 2.11. The zero-order valence-corrected chi connectivity index (χ0v) is 14.7. The molecule has 25 heavy (non-hydrogen) atoms. The number of hydrogen-bond donors (Lipinski definition) is 1. The second-order valence-corrected chi connectivity index (χ2v) is 6.02. The van der Waals surface area contributed by atoms with E-state index in [-0.39, 0.29) is 17.6 Å². The minimum absolute atomic E-state index is 0.100. The Balaban J connectivity index is 2.01. The van der Waals surface area contributed by atoms with Crippen LogP contribution in [0.3, 0.4) is 0 Å². The molecule has 6 nitrogen and oxygen atoms in total. The summed E-state index contributed by atoms with van der Waals surface area (Å²) < 4.78 is 10.3. The Hall–Kier alpha value is -2.89. The van der Waals surface area contributed by atoms with Gasteiger partial charge in [-0.3, -0.25) is 9.59 Å². The van der Waals surface area contributed by atoms with Crippen LogP contribution >= 0.6 is 0 Å². The van der Waals surface area contributed by atoms with Crippen molar-refractivity contribution in [3.8, 4) is 0 Å². The fourth-order valence-electron chi connectivity index (χ4n) is 2.11. The Morgan fingerprint density at radius 2 is 1.68 bits per heavy atom. The number of ether oxygens (including phenoxy) is 1. The van der Waals surface area contributed by atoms with Crippen molar-refractivity contribution >= 4 is 23.3 Å².